The molecule has 0 radical (unpaired) electrons. The highest BCUT2D eigenvalue weighted by molar-refractivity contribution is 7.99. The van der Waals surface area contributed by atoms with Crippen molar-refractivity contribution in [2.24, 2.45) is 0 Å². The van der Waals surface area contributed by atoms with E-state index < -0.39 is 0 Å². The third kappa shape index (κ3) is 3.73. The first-order valence-corrected chi connectivity index (χ1v) is 6.47. The van der Waals surface area contributed by atoms with Gasteiger partial charge in [-0.25, -0.2) is 9.97 Å². The van der Waals surface area contributed by atoms with Crippen molar-refractivity contribution in [1.29, 1.82) is 0 Å². The van der Waals surface area contributed by atoms with Crippen LogP contribution in [0.5, 0.6) is 0 Å². The number of hydrogen-bond donors (Lipinski definition) is 2. The summed E-state index contributed by atoms with van der Waals surface area (Å²) in [6.45, 7) is 2.96. The van der Waals surface area contributed by atoms with Gasteiger partial charge >= 0.3 is 0 Å². The number of nitrogens with one attached hydrogen (secondary N) is 1. The highest BCUT2D eigenvalue weighted by Gasteiger charge is 2.19. The van der Waals surface area contributed by atoms with Gasteiger partial charge in [0.05, 0.1) is 6.61 Å². The Bertz CT molecular complexity index is 327. The van der Waals surface area contributed by atoms with Crippen LogP contribution in [-0.4, -0.2) is 33.0 Å². The number of thioether (sulfide) groups is 1. The molecule has 0 bridgehead atoms. The lowest BCUT2D eigenvalue weighted by molar-refractivity contribution is 0.300. The summed E-state index contributed by atoms with van der Waals surface area (Å²) in [6, 6.07) is 0.712. The van der Waals surface area contributed by atoms with Gasteiger partial charge in [0.25, 0.3) is 0 Å². The average molecular weight is 239 g/mol. The first-order chi connectivity index (χ1) is 7.78. The maximum absolute atomic E-state index is 8.92. The van der Waals surface area contributed by atoms with Crippen LogP contribution < -0.4 is 5.32 Å². The molecule has 16 heavy (non-hydrogen) atoms. The van der Waals surface area contributed by atoms with Gasteiger partial charge in [-0.15, -0.1) is 0 Å². The van der Waals surface area contributed by atoms with Crippen LogP contribution in [0.15, 0.2) is 17.6 Å². The topological polar surface area (TPSA) is 58.0 Å². The number of hydrogen-bond acceptors (Lipinski definition) is 5. The lowest BCUT2D eigenvalue weighted by Gasteiger charge is -2.06. The molecule has 88 valence electrons. The smallest absolute Gasteiger partial charge is 0.187 e. The minimum absolute atomic E-state index is 0.149. The van der Waals surface area contributed by atoms with Crippen LogP contribution >= 0.6 is 11.8 Å². The Morgan fingerprint density at radius 2 is 2.19 bits per heavy atom. The van der Waals surface area contributed by atoms with E-state index in [1.54, 1.807) is 0 Å². The molecule has 5 heteroatoms. The zero-order valence-electron chi connectivity index (χ0n) is 9.39. The lowest BCUT2D eigenvalue weighted by Crippen LogP contribution is -2.15. The largest absolute Gasteiger partial charge is 0.395 e. The Hall–Kier alpha value is -0.650. The molecule has 1 unspecified atom stereocenters. The number of aliphatic hydroxyl groups excluding tert-OH is 1. The second kappa shape index (κ2) is 5.61. The van der Waals surface area contributed by atoms with Crippen LogP contribution in [0, 0.1) is 0 Å². The van der Waals surface area contributed by atoms with Gasteiger partial charge in [-0.1, -0.05) is 18.7 Å². The van der Waals surface area contributed by atoms with Gasteiger partial charge in [0.2, 0.25) is 0 Å². The Morgan fingerprint density at radius 3 is 2.75 bits per heavy atom. The standard InChI is InChI=1S/C11H17N3OS/c1-8(7-15)16-11-13-5-9(6-14-11)4-12-10-2-3-10/h5-6,8,10,12,15H,2-4,7H2,1H3. The van der Waals surface area contributed by atoms with Crippen LogP contribution in [0.3, 0.4) is 0 Å². The zero-order chi connectivity index (χ0) is 11.4. The Morgan fingerprint density at radius 1 is 1.50 bits per heavy atom. The zero-order valence-corrected chi connectivity index (χ0v) is 10.2. The third-order valence-corrected chi connectivity index (χ3v) is 3.39. The van der Waals surface area contributed by atoms with E-state index >= 15 is 0 Å². The second-order valence-electron chi connectivity index (χ2n) is 4.14. The van der Waals surface area contributed by atoms with Crippen LogP contribution in [0.25, 0.3) is 0 Å². The maximum Gasteiger partial charge on any atom is 0.187 e. The van der Waals surface area contributed by atoms with E-state index in [2.05, 4.69) is 15.3 Å². The van der Waals surface area contributed by atoms with E-state index in [0.717, 1.165) is 17.3 Å². The molecule has 1 aliphatic rings. The fourth-order valence-electron chi connectivity index (χ4n) is 1.26. The minimum Gasteiger partial charge on any atom is -0.395 e. The first kappa shape index (κ1) is 11.8. The molecule has 0 spiro atoms. The van der Waals surface area contributed by atoms with Crippen molar-refractivity contribution in [3.8, 4) is 0 Å². The van der Waals surface area contributed by atoms with Crippen molar-refractivity contribution in [1.82, 2.24) is 15.3 Å². The molecule has 1 aromatic heterocycles. The Kier molecular flexibility index (Phi) is 4.15. The van der Waals surface area contributed by atoms with Crippen molar-refractivity contribution in [2.45, 2.75) is 42.8 Å². The highest BCUT2D eigenvalue weighted by Crippen LogP contribution is 2.20. The monoisotopic (exact) mass is 239 g/mol. The molecule has 2 rings (SSSR count). The normalized spacial score (nSPS) is 17.4. The summed E-state index contributed by atoms with van der Waals surface area (Å²) in [6.07, 6.45) is 6.30. The van der Waals surface area contributed by atoms with Crippen molar-refractivity contribution in [2.75, 3.05) is 6.61 Å². The van der Waals surface area contributed by atoms with Crippen molar-refractivity contribution >= 4 is 11.8 Å². The maximum atomic E-state index is 8.92. The van der Waals surface area contributed by atoms with Gasteiger partial charge in [0.1, 0.15) is 0 Å². The van der Waals surface area contributed by atoms with Crippen molar-refractivity contribution in [3.05, 3.63) is 18.0 Å². The predicted molar refractivity (Wildman–Crippen MR) is 64.3 cm³/mol. The summed E-state index contributed by atoms with van der Waals surface area (Å²) < 4.78 is 0. The van der Waals surface area contributed by atoms with E-state index in [-0.39, 0.29) is 11.9 Å². The SMILES string of the molecule is CC(CO)Sc1ncc(CNC2CC2)cn1. The first-order valence-electron chi connectivity index (χ1n) is 5.59. The van der Waals surface area contributed by atoms with Crippen LogP contribution in [0.4, 0.5) is 0 Å². The van der Waals surface area contributed by atoms with Crippen molar-refractivity contribution in [3.63, 3.8) is 0 Å². The van der Waals surface area contributed by atoms with Gasteiger partial charge in [-0.2, -0.15) is 0 Å². The summed E-state index contributed by atoms with van der Waals surface area (Å²) in [5.74, 6) is 0. The van der Waals surface area contributed by atoms with Crippen LogP contribution in [-0.2, 0) is 6.54 Å². The molecular weight excluding hydrogens is 222 g/mol. The van der Waals surface area contributed by atoms with E-state index in [0.29, 0.717) is 6.04 Å². The second-order valence-corrected chi connectivity index (χ2v) is 5.55. The summed E-state index contributed by atoms with van der Waals surface area (Å²) in [5.41, 5.74) is 1.12. The molecule has 2 N–H and O–H groups in total. The number of aromatic nitrogens is 2. The predicted octanol–water partition coefficient (Wildman–Crippen LogP) is 1.20. The fourth-order valence-corrected chi connectivity index (χ4v) is 1.92. The molecule has 0 amide bonds. The Labute approximate surface area is 99.9 Å². The summed E-state index contributed by atoms with van der Waals surface area (Å²) in [7, 11) is 0. The van der Waals surface area contributed by atoms with E-state index in [1.165, 1.54) is 24.6 Å². The summed E-state index contributed by atoms with van der Waals surface area (Å²) in [5, 5.41) is 13.2. The third-order valence-electron chi connectivity index (χ3n) is 2.42. The van der Waals surface area contributed by atoms with Crippen molar-refractivity contribution < 1.29 is 5.11 Å². The molecule has 1 saturated carbocycles. The molecular formula is C11H17N3OS. The quantitative estimate of drug-likeness (QED) is 0.577. The molecule has 1 heterocycles. The van der Waals surface area contributed by atoms with E-state index in [9.17, 15) is 0 Å². The molecule has 4 nitrogen and oxygen atoms in total. The van der Waals surface area contributed by atoms with Gasteiger partial charge in [0, 0.05) is 35.8 Å². The fraction of sp³-hybridized carbons (Fsp3) is 0.636. The minimum atomic E-state index is 0.149. The number of nitrogens with zero attached hydrogens (tertiary/aromatic N) is 2. The Balaban J connectivity index is 1.82. The van der Waals surface area contributed by atoms with Gasteiger partial charge in [-0.3, -0.25) is 0 Å². The average Bonchev–Trinajstić information content (AvgIpc) is 3.12. The molecule has 1 aliphatic carbocycles. The van der Waals surface area contributed by atoms with Gasteiger partial charge in [-0.05, 0) is 12.8 Å². The molecule has 1 atom stereocenters. The molecule has 0 aromatic carbocycles. The molecule has 0 aliphatic heterocycles. The number of aliphatic hydroxyl groups is 1. The summed E-state index contributed by atoms with van der Waals surface area (Å²) >= 11 is 1.50. The van der Waals surface area contributed by atoms with Gasteiger partial charge < -0.3 is 10.4 Å². The number of rotatable bonds is 6. The lowest BCUT2D eigenvalue weighted by atomic mass is 10.3. The highest BCUT2D eigenvalue weighted by atomic mass is 32.2. The molecule has 0 saturated heterocycles. The van der Waals surface area contributed by atoms with E-state index in [4.69, 9.17) is 5.11 Å². The van der Waals surface area contributed by atoms with Crippen LogP contribution in [0.2, 0.25) is 0 Å². The van der Waals surface area contributed by atoms with E-state index in [1.807, 2.05) is 19.3 Å². The molecule has 1 aromatic rings. The van der Waals surface area contributed by atoms with Crippen LogP contribution in [0.1, 0.15) is 25.3 Å². The van der Waals surface area contributed by atoms with Gasteiger partial charge in [0.15, 0.2) is 5.16 Å². The summed E-state index contributed by atoms with van der Waals surface area (Å²) in [4.78, 5) is 8.53. The molecule has 1 fully saturated rings.